The molecule has 0 aliphatic heterocycles. The number of nitrogens with zero attached hydrogens (tertiary/aromatic N) is 2. The second-order valence-corrected chi connectivity index (χ2v) is 20.0. The molecular formula is C46H92CaN2O8S2. The van der Waals surface area contributed by atoms with Gasteiger partial charge in [-0.15, -0.1) is 0 Å². The van der Waals surface area contributed by atoms with E-state index >= 15 is 0 Å². The van der Waals surface area contributed by atoms with E-state index in [4.69, 9.17) is 0 Å². The van der Waals surface area contributed by atoms with Crippen molar-refractivity contribution in [2.45, 2.75) is 245 Å². The molecule has 0 aromatic carbocycles. The Morgan fingerprint density at radius 3 is 0.763 bits per heavy atom. The normalized spacial score (nSPS) is 11.5. The van der Waals surface area contributed by atoms with Crippen molar-refractivity contribution in [3.8, 4) is 0 Å². The van der Waals surface area contributed by atoms with Crippen LogP contribution in [0, 0.1) is 0 Å². The van der Waals surface area contributed by atoms with Crippen molar-refractivity contribution in [2.24, 2.45) is 0 Å². The van der Waals surface area contributed by atoms with E-state index < -0.39 is 20.2 Å². The number of hydrogen-bond donors (Lipinski definition) is 0. The van der Waals surface area contributed by atoms with Gasteiger partial charge in [0.15, 0.2) is 0 Å². The van der Waals surface area contributed by atoms with Crippen molar-refractivity contribution >= 4 is 69.8 Å². The molecule has 0 bridgehead atoms. The number of amides is 2. The minimum absolute atomic E-state index is 0. The molecule has 348 valence electrons. The number of carbonyl (C=O) groups is 2. The van der Waals surface area contributed by atoms with E-state index in [9.17, 15) is 35.5 Å². The number of unbranched alkanes of at least 4 members (excludes halogenated alkanes) is 30. The summed E-state index contributed by atoms with van der Waals surface area (Å²) in [6.07, 6.45) is 42.2. The van der Waals surface area contributed by atoms with Crippen LogP contribution < -0.4 is 0 Å². The Hall–Kier alpha value is 0.0197. The molecule has 0 N–H and O–H groups in total. The van der Waals surface area contributed by atoms with Crippen molar-refractivity contribution in [3.05, 3.63) is 0 Å². The summed E-state index contributed by atoms with van der Waals surface area (Å²) >= 11 is 0. The van der Waals surface area contributed by atoms with Gasteiger partial charge in [-0.1, -0.05) is 194 Å². The predicted molar refractivity (Wildman–Crippen MR) is 248 cm³/mol. The van der Waals surface area contributed by atoms with Crippen molar-refractivity contribution in [1.29, 1.82) is 0 Å². The van der Waals surface area contributed by atoms with Crippen LogP contribution in [0.5, 0.6) is 0 Å². The van der Waals surface area contributed by atoms with Crippen LogP contribution in [0.2, 0.25) is 0 Å². The molecule has 0 fully saturated rings. The summed E-state index contributed by atoms with van der Waals surface area (Å²) in [6, 6.07) is 0. The summed E-state index contributed by atoms with van der Waals surface area (Å²) in [6.45, 7) is 5.57. The number of hydrogen-bond acceptors (Lipinski definition) is 8. The summed E-state index contributed by atoms with van der Waals surface area (Å²) in [7, 11) is -4.77. The van der Waals surface area contributed by atoms with Gasteiger partial charge < -0.3 is 18.9 Å². The van der Waals surface area contributed by atoms with E-state index in [0.29, 0.717) is 51.6 Å². The molecule has 0 heterocycles. The summed E-state index contributed by atoms with van der Waals surface area (Å²) in [5.74, 6) is -0.448. The topological polar surface area (TPSA) is 155 Å². The third-order valence-electron chi connectivity index (χ3n) is 11.1. The molecule has 0 atom stereocenters. The standard InChI is InChI=1S/2C23H47NO4S.Ca/c2*1-3-4-5-6-7-8-9-10-11-12-13-14-15-16-17-20-23(25)24(2)21-18-19-22-29(26,27)28;/h2*3-22H2,1-2H3,(H,26,27,28);/q;;+2/p-2. The fraction of sp³-hybridized carbons (Fsp3) is 0.957. The molecule has 10 nitrogen and oxygen atoms in total. The van der Waals surface area contributed by atoms with Crippen LogP contribution in [0.25, 0.3) is 0 Å². The largest absolute Gasteiger partial charge is 2.00 e. The molecule has 13 heteroatoms. The summed E-state index contributed by atoms with van der Waals surface area (Å²) < 4.78 is 63.3. The van der Waals surface area contributed by atoms with Gasteiger partial charge in [0.05, 0.1) is 20.2 Å². The third-order valence-corrected chi connectivity index (χ3v) is 12.7. The second-order valence-electron chi connectivity index (χ2n) is 17.0. The Labute approximate surface area is 395 Å². The molecule has 0 rings (SSSR count). The van der Waals surface area contributed by atoms with Crippen LogP contribution in [0.4, 0.5) is 0 Å². The molecule has 0 saturated heterocycles. The van der Waals surface area contributed by atoms with E-state index in [1.165, 1.54) is 167 Å². The Morgan fingerprint density at radius 2 is 0.559 bits per heavy atom. The molecule has 0 radical (unpaired) electrons. The molecule has 0 aromatic rings. The molecule has 59 heavy (non-hydrogen) atoms. The molecule has 2 amide bonds. The van der Waals surface area contributed by atoms with Crippen LogP contribution in [0.15, 0.2) is 0 Å². The van der Waals surface area contributed by atoms with Gasteiger partial charge in [-0.05, 0) is 38.5 Å². The first kappa shape index (κ1) is 63.3. The van der Waals surface area contributed by atoms with Gasteiger partial charge in [0.1, 0.15) is 0 Å². The van der Waals surface area contributed by atoms with Gasteiger partial charge >= 0.3 is 37.7 Å². The Balaban J connectivity index is -0.00000105. The van der Waals surface area contributed by atoms with Gasteiger partial charge in [-0.2, -0.15) is 0 Å². The maximum atomic E-state index is 12.0. The molecule has 0 aliphatic rings. The Morgan fingerprint density at radius 1 is 0.356 bits per heavy atom. The van der Waals surface area contributed by atoms with Gasteiger partial charge in [0, 0.05) is 51.5 Å². The third kappa shape index (κ3) is 54.1. The quantitative estimate of drug-likeness (QED) is 0.0333. The summed E-state index contributed by atoms with van der Waals surface area (Å²) in [5.41, 5.74) is 0. The average Bonchev–Trinajstić information content (AvgIpc) is 3.17. The van der Waals surface area contributed by atoms with E-state index in [1.54, 1.807) is 23.9 Å². The van der Waals surface area contributed by atoms with Crippen molar-refractivity contribution < 1.29 is 35.5 Å². The van der Waals surface area contributed by atoms with Crippen LogP contribution >= 0.6 is 0 Å². The van der Waals surface area contributed by atoms with Crippen molar-refractivity contribution in [2.75, 3.05) is 38.7 Å². The molecule has 0 aliphatic carbocycles. The fourth-order valence-corrected chi connectivity index (χ4v) is 8.30. The fourth-order valence-electron chi connectivity index (χ4n) is 7.18. The van der Waals surface area contributed by atoms with Gasteiger partial charge in [0.25, 0.3) is 0 Å². The molecule has 0 unspecified atom stereocenters. The second kappa shape index (κ2) is 46.0. The minimum Gasteiger partial charge on any atom is -0.748 e. The first-order valence-corrected chi connectivity index (χ1v) is 27.2. The van der Waals surface area contributed by atoms with E-state index in [1.807, 2.05) is 0 Å². The summed E-state index contributed by atoms with van der Waals surface area (Å²) in [5, 5.41) is 0. The first-order chi connectivity index (χ1) is 27.7. The molecular weight excluding hydrogens is 813 g/mol. The van der Waals surface area contributed by atoms with Gasteiger partial charge in [-0.25, -0.2) is 16.8 Å². The monoisotopic (exact) mass is 905 g/mol. The summed E-state index contributed by atoms with van der Waals surface area (Å²) in [4.78, 5) is 27.3. The zero-order valence-electron chi connectivity index (χ0n) is 39.0. The van der Waals surface area contributed by atoms with Crippen molar-refractivity contribution in [1.82, 2.24) is 9.80 Å². The Bertz CT molecular complexity index is 1050. The van der Waals surface area contributed by atoms with Crippen molar-refractivity contribution in [3.63, 3.8) is 0 Å². The number of rotatable bonds is 42. The van der Waals surface area contributed by atoms with Gasteiger partial charge in [-0.3, -0.25) is 9.59 Å². The smallest absolute Gasteiger partial charge is 0.748 e. The predicted octanol–water partition coefficient (Wildman–Crippen LogP) is 11.7. The van der Waals surface area contributed by atoms with Crippen LogP contribution in [0.1, 0.15) is 245 Å². The van der Waals surface area contributed by atoms with Crippen LogP contribution in [-0.2, 0) is 29.8 Å². The van der Waals surface area contributed by atoms with E-state index in [0.717, 1.165) is 25.7 Å². The minimum atomic E-state index is -4.13. The van der Waals surface area contributed by atoms with Crippen LogP contribution in [-0.4, -0.2) is 124 Å². The zero-order chi connectivity index (χ0) is 43.6. The average molecular weight is 905 g/mol. The maximum absolute atomic E-state index is 12.0. The Kier molecular flexibility index (Phi) is 49.4. The number of carbonyl (C=O) groups excluding carboxylic acids is 2. The molecule has 0 aromatic heterocycles. The first-order valence-electron chi connectivity index (χ1n) is 24.1. The maximum Gasteiger partial charge on any atom is 2.00 e. The molecule has 0 spiro atoms. The van der Waals surface area contributed by atoms with E-state index in [-0.39, 0.29) is 61.1 Å². The zero-order valence-corrected chi connectivity index (χ0v) is 42.8. The van der Waals surface area contributed by atoms with Crippen LogP contribution in [0.3, 0.4) is 0 Å². The SMILES string of the molecule is CCCCCCCCCCCCCCCCCC(=O)N(C)CCCCS(=O)(=O)[O-].CCCCCCCCCCCCCCCCCC(=O)N(C)CCCCS(=O)(=O)[O-].[Ca+2]. The van der Waals surface area contributed by atoms with E-state index in [2.05, 4.69) is 13.8 Å². The van der Waals surface area contributed by atoms with Gasteiger partial charge in [0.2, 0.25) is 11.8 Å². The molecule has 0 saturated carbocycles.